The molecule has 1 aliphatic heterocycles. The van der Waals surface area contributed by atoms with E-state index in [-0.39, 0.29) is 36.4 Å². The smallest absolute Gasteiger partial charge is 0.261 e. The molecule has 0 aromatic carbocycles. The molecule has 1 unspecified atom stereocenters. The van der Waals surface area contributed by atoms with Crippen LogP contribution in [0.1, 0.15) is 28.4 Å². The second-order valence-corrected chi connectivity index (χ2v) is 8.76. The SMILES string of the molecule is CCc1ccc(C(=O)NC(C)C(=O)N2CCS(=O)(=O)CC2)s1. The van der Waals surface area contributed by atoms with E-state index < -0.39 is 15.9 Å². The van der Waals surface area contributed by atoms with E-state index in [0.29, 0.717) is 4.88 Å². The molecule has 1 aromatic rings. The Labute approximate surface area is 134 Å². The quantitative estimate of drug-likeness (QED) is 0.871. The number of hydrogen-bond acceptors (Lipinski definition) is 5. The summed E-state index contributed by atoms with van der Waals surface area (Å²) >= 11 is 1.41. The number of nitrogens with zero attached hydrogens (tertiary/aromatic N) is 1. The minimum absolute atomic E-state index is 0.00973. The number of sulfone groups is 1. The van der Waals surface area contributed by atoms with Crippen LogP contribution in [0.3, 0.4) is 0 Å². The fourth-order valence-electron chi connectivity index (χ4n) is 2.23. The van der Waals surface area contributed by atoms with E-state index in [9.17, 15) is 18.0 Å². The van der Waals surface area contributed by atoms with Crippen molar-refractivity contribution in [3.63, 3.8) is 0 Å². The number of carbonyl (C=O) groups is 2. The van der Waals surface area contributed by atoms with Crippen LogP contribution >= 0.6 is 11.3 Å². The summed E-state index contributed by atoms with van der Waals surface area (Å²) in [7, 11) is -3.02. The van der Waals surface area contributed by atoms with Crippen molar-refractivity contribution in [1.82, 2.24) is 10.2 Å². The summed E-state index contributed by atoms with van der Waals surface area (Å²) in [6, 6.07) is 2.99. The average molecular weight is 344 g/mol. The third-order valence-corrected chi connectivity index (χ3v) is 6.45. The molecule has 1 aromatic heterocycles. The number of amides is 2. The summed E-state index contributed by atoms with van der Waals surface area (Å²) in [5.74, 6) is -0.528. The topological polar surface area (TPSA) is 83.6 Å². The van der Waals surface area contributed by atoms with Crippen molar-refractivity contribution in [2.45, 2.75) is 26.3 Å². The molecule has 1 fully saturated rings. The van der Waals surface area contributed by atoms with Gasteiger partial charge in [0.25, 0.3) is 5.91 Å². The molecule has 122 valence electrons. The van der Waals surface area contributed by atoms with Gasteiger partial charge in [0.1, 0.15) is 6.04 Å². The molecule has 6 nitrogen and oxygen atoms in total. The van der Waals surface area contributed by atoms with Crippen molar-refractivity contribution >= 4 is 33.0 Å². The summed E-state index contributed by atoms with van der Waals surface area (Å²) < 4.78 is 22.8. The molecule has 0 aliphatic carbocycles. The normalized spacial score (nSPS) is 18.7. The van der Waals surface area contributed by atoms with Crippen molar-refractivity contribution in [1.29, 1.82) is 0 Å². The van der Waals surface area contributed by atoms with Gasteiger partial charge in [0.15, 0.2) is 9.84 Å². The third-order valence-electron chi connectivity index (χ3n) is 3.61. The Morgan fingerprint density at radius 1 is 1.32 bits per heavy atom. The van der Waals surface area contributed by atoms with Crippen LogP contribution in [0.5, 0.6) is 0 Å². The Morgan fingerprint density at radius 3 is 2.50 bits per heavy atom. The average Bonchev–Trinajstić information content (AvgIpc) is 2.95. The van der Waals surface area contributed by atoms with Crippen molar-refractivity contribution in [2.24, 2.45) is 0 Å². The highest BCUT2D eigenvalue weighted by molar-refractivity contribution is 7.91. The van der Waals surface area contributed by atoms with E-state index in [0.717, 1.165) is 11.3 Å². The number of aryl methyl sites for hydroxylation is 1. The number of carbonyl (C=O) groups excluding carboxylic acids is 2. The molecule has 22 heavy (non-hydrogen) atoms. The van der Waals surface area contributed by atoms with Crippen molar-refractivity contribution in [3.05, 3.63) is 21.9 Å². The monoisotopic (exact) mass is 344 g/mol. The van der Waals surface area contributed by atoms with Gasteiger partial charge in [-0.25, -0.2) is 8.42 Å². The van der Waals surface area contributed by atoms with Crippen LogP contribution in [0.4, 0.5) is 0 Å². The lowest BCUT2D eigenvalue weighted by Crippen LogP contribution is -2.51. The predicted molar refractivity (Wildman–Crippen MR) is 85.9 cm³/mol. The molecule has 2 amide bonds. The second kappa shape index (κ2) is 6.78. The first-order chi connectivity index (χ1) is 10.3. The Bertz CT molecular complexity index is 652. The first kappa shape index (κ1) is 17.0. The van der Waals surface area contributed by atoms with Gasteiger partial charge >= 0.3 is 0 Å². The Kier molecular flexibility index (Phi) is 5.23. The molecule has 8 heteroatoms. The highest BCUT2D eigenvalue weighted by Gasteiger charge is 2.28. The molecular weight excluding hydrogens is 324 g/mol. The van der Waals surface area contributed by atoms with Crippen LogP contribution in [-0.2, 0) is 21.1 Å². The summed E-state index contributed by atoms with van der Waals surface area (Å²) in [4.78, 5) is 27.6. The lowest BCUT2D eigenvalue weighted by molar-refractivity contribution is -0.132. The van der Waals surface area contributed by atoms with E-state index >= 15 is 0 Å². The number of hydrogen-bond donors (Lipinski definition) is 1. The van der Waals surface area contributed by atoms with Gasteiger partial charge in [0.2, 0.25) is 5.91 Å². The lowest BCUT2D eigenvalue weighted by Gasteiger charge is -2.29. The Morgan fingerprint density at radius 2 is 1.95 bits per heavy atom. The zero-order chi connectivity index (χ0) is 16.3. The maximum absolute atomic E-state index is 12.3. The van der Waals surface area contributed by atoms with Crippen molar-refractivity contribution in [2.75, 3.05) is 24.6 Å². The van der Waals surface area contributed by atoms with E-state index in [2.05, 4.69) is 5.32 Å². The van der Waals surface area contributed by atoms with Gasteiger partial charge in [-0.05, 0) is 25.5 Å². The van der Waals surface area contributed by atoms with E-state index in [4.69, 9.17) is 0 Å². The first-order valence-corrected chi connectivity index (χ1v) is 9.85. The van der Waals surface area contributed by atoms with Gasteiger partial charge in [-0.15, -0.1) is 11.3 Å². The van der Waals surface area contributed by atoms with Gasteiger partial charge in [0, 0.05) is 18.0 Å². The van der Waals surface area contributed by atoms with E-state index in [1.165, 1.54) is 16.2 Å². The molecule has 0 radical (unpaired) electrons. The fraction of sp³-hybridized carbons (Fsp3) is 0.571. The number of nitrogens with one attached hydrogen (secondary N) is 1. The molecule has 2 rings (SSSR count). The standard InChI is InChI=1S/C14H20N2O4S2/c1-3-11-4-5-12(21-11)13(17)15-10(2)14(18)16-6-8-22(19,20)9-7-16/h4-5,10H,3,6-9H2,1-2H3,(H,15,17). The second-order valence-electron chi connectivity index (χ2n) is 5.29. The van der Waals surface area contributed by atoms with Crippen molar-refractivity contribution in [3.8, 4) is 0 Å². The van der Waals surface area contributed by atoms with Crippen LogP contribution < -0.4 is 5.32 Å². The fourth-order valence-corrected chi connectivity index (χ4v) is 4.28. The molecule has 1 atom stereocenters. The molecule has 2 heterocycles. The highest BCUT2D eigenvalue weighted by atomic mass is 32.2. The molecule has 0 spiro atoms. The molecule has 0 bridgehead atoms. The summed E-state index contributed by atoms with van der Waals surface area (Å²) in [6.45, 7) is 4.03. The van der Waals surface area contributed by atoms with Gasteiger partial charge in [-0.2, -0.15) is 0 Å². The van der Waals surface area contributed by atoms with Crippen LogP contribution in [0.2, 0.25) is 0 Å². The van der Waals surface area contributed by atoms with Crippen LogP contribution in [0.25, 0.3) is 0 Å². The Balaban J connectivity index is 1.92. The van der Waals surface area contributed by atoms with Crippen molar-refractivity contribution < 1.29 is 18.0 Å². The van der Waals surface area contributed by atoms with Gasteiger partial charge < -0.3 is 10.2 Å². The molecular formula is C14H20N2O4S2. The van der Waals surface area contributed by atoms with Crippen LogP contribution in [0, 0.1) is 0 Å². The minimum atomic E-state index is -3.02. The number of rotatable bonds is 4. The predicted octanol–water partition coefficient (Wildman–Crippen LogP) is 0.686. The summed E-state index contributed by atoms with van der Waals surface area (Å²) in [5.41, 5.74) is 0. The molecule has 0 saturated carbocycles. The van der Waals surface area contributed by atoms with Crippen LogP contribution in [-0.4, -0.2) is 55.8 Å². The zero-order valence-corrected chi connectivity index (χ0v) is 14.3. The lowest BCUT2D eigenvalue weighted by atomic mass is 10.2. The van der Waals surface area contributed by atoms with Gasteiger partial charge in [-0.3, -0.25) is 9.59 Å². The van der Waals surface area contributed by atoms with E-state index in [1.807, 2.05) is 13.0 Å². The number of thiophene rings is 1. The van der Waals surface area contributed by atoms with Gasteiger partial charge in [0.05, 0.1) is 16.4 Å². The maximum Gasteiger partial charge on any atom is 0.261 e. The molecule has 1 aliphatic rings. The summed E-state index contributed by atoms with van der Waals surface area (Å²) in [5, 5.41) is 2.68. The van der Waals surface area contributed by atoms with Gasteiger partial charge in [-0.1, -0.05) is 6.92 Å². The van der Waals surface area contributed by atoms with Crippen LogP contribution in [0.15, 0.2) is 12.1 Å². The summed E-state index contributed by atoms with van der Waals surface area (Å²) in [6.07, 6.45) is 0.870. The first-order valence-electron chi connectivity index (χ1n) is 7.21. The largest absolute Gasteiger partial charge is 0.340 e. The zero-order valence-electron chi connectivity index (χ0n) is 12.7. The minimum Gasteiger partial charge on any atom is -0.340 e. The molecule has 1 saturated heterocycles. The Hall–Kier alpha value is -1.41. The highest BCUT2D eigenvalue weighted by Crippen LogP contribution is 2.17. The van der Waals surface area contributed by atoms with E-state index in [1.54, 1.807) is 13.0 Å². The maximum atomic E-state index is 12.3. The third kappa shape index (κ3) is 4.07. The molecule has 1 N–H and O–H groups in total.